The van der Waals surface area contributed by atoms with Crippen LogP contribution in [0, 0.1) is 6.92 Å². The lowest BCUT2D eigenvalue weighted by Gasteiger charge is -1.92. The minimum Gasteiger partial charge on any atom is -0.466 e. The van der Waals surface area contributed by atoms with Crippen molar-refractivity contribution in [2.75, 3.05) is 7.11 Å². The van der Waals surface area contributed by atoms with Crippen molar-refractivity contribution in [3.63, 3.8) is 0 Å². The molecule has 13 heavy (non-hydrogen) atoms. The summed E-state index contributed by atoms with van der Waals surface area (Å²) in [7, 11) is 1.33. The first-order valence-corrected chi connectivity index (χ1v) is 3.79. The maximum Gasteiger partial charge on any atom is 0.330 e. The lowest BCUT2D eigenvalue weighted by Crippen LogP contribution is -1.94. The summed E-state index contributed by atoms with van der Waals surface area (Å²) >= 11 is 0. The monoisotopic (exact) mass is 178 g/mol. The van der Waals surface area contributed by atoms with Crippen LogP contribution in [0.15, 0.2) is 18.2 Å². The van der Waals surface area contributed by atoms with E-state index in [2.05, 4.69) is 14.9 Å². The van der Waals surface area contributed by atoms with Crippen LogP contribution in [0.2, 0.25) is 0 Å². The minimum absolute atomic E-state index is 0.401. The van der Waals surface area contributed by atoms with E-state index in [4.69, 9.17) is 0 Å². The van der Waals surface area contributed by atoms with Crippen molar-refractivity contribution in [2.24, 2.45) is 0 Å². The first kappa shape index (κ1) is 9.38. The molecule has 0 aromatic carbocycles. The van der Waals surface area contributed by atoms with Crippen LogP contribution < -0.4 is 0 Å². The number of carbonyl (C=O) groups is 1. The fraction of sp³-hybridized carbons (Fsp3) is 0.222. The third-order valence-electron chi connectivity index (χ3n) is 1.41. The number of aryl methyl sites for hydroxylation is 1. The number of esters is 1. The molecule has 1 aromatic heterocycles. The van der Waals surface area contributed by atoms with E-state index in [1.165, 1.54) is 13.2 Å². The quantitative estimate of drug-likeness (QED) is 0.500. The van der Waals surface area contributed by atoms with Crippen molar-refractivity contribution in [2.45, 2.75) is 6.92 Å². The molecule has 1 rings (SSSR count). The zero-order chi connectivity index (χ0) is 9.68. The Balaban J connectivity index is 2.69. The van der Waals surface area contributed by atoms with E-state index in [0.717, 1.165) is 5.69 Å². The van der Waals surface area contributed by atoms with Gasteiger partial charge in [0, 0.05) is 6.08 Å². The van der Waals surface area contributed by atoms with E-state index in [1.807, 2.05) is 13.0 Å². The topological polar surface area (TPSA) is 52.1 Å². The molecule has 4 heteroatoms. The third-order valence-corrected chi connectivity index (χ3v) is 1.41. The SMILES string of the molecule is COC(=O)C=Cc1ccc(C)nn1. The van der Waals surface area contributed by atoms with Crippen molar-refractivity contribution in [1.29, 1.82) is 0 Å². The average molecular weight is 178 g/mol. The van der Waals surface area contributed by atoms with E-state index < -0.39 is 5.97 Å². The second-order valence-corrected chi connectivity index (χ2v) is 2.46. The number of ether oxygens (including phenoxy) is 1. The zero-order valence-corrected chi connectivity index (χ0v) is 7.52. The number of nitrogens with zero attached hydrogens (tertiary/aromatic N) is 2. The number of rotatable bonds is 2. The molecule has 0 unspecified atom stereocenters. The van der Waals surface area contributed by atoms with Gasteiger partial charge in [0.1, 0.15) is 0 Å². The molecule has 0 bridgehead atoms. The van der Waals surface area contributed by atoms with Gasteiger partial charge in [-0.3, -0.25) is 0 Å². The first-order valence-electron chi connectivity index (χ1n) is 3.79. The molecule has 0 N–H and O–H groups in total. The highest BCUT2D eigenvalue weighted by Gasteiger charge is 1.93. The van der Waals surface area contributed by atoms with Gasteiger partial charge in [0.2, 0.25) is 0 Å². The molecule has 0 aliphatic heterocycles. The van der Waals surface area contributed by atoms with Crippen molar-refractivity contribution >= 4 is 12.0 Å². The highest BCUT2D eigenvalue weighted by Crippen LogP contribution is 1.97. The van der Waals surface area contributed by atoms with Gasteiger partial charge >= 0.3 is 5.97 Å². The molecule has 1 heterocycles. The Kier molecular flexibility index (Phi) is 3.14. The number of carbonyl (C=O) groups excluding carboxylic acids is 1. The van der Waals surface area contributed by atoms with Gasteiger partial charge in [-0.15, -0.1) is 0 Å². The minimum atomic E-state index is -0.401. The number of hydrogen-bond donors (Lipinski definition) is 0. The highest BCUT2D eigenvalue weighted by atomic mass is 16.5. The predicted molar refractivity (Wildman–Crippen MR) is 47.8 cm³/mol. The largest absolute Gasteiger partial charge is 0.466 e. The van der Waals surface area contributed by atoms with E-state index in [9.17, 15) is 4.79 Å². The van der Waals surface area contributed by atoms with Crippen molar-refractivity contribution in [3.8, 4) is 0 Å². The summed E-state index contributed by atoms with van der Waals surface area (Å²) in [5.74, 6) is -0.401. The smallest absolute Gasteiger partial charge is 0.330 e. The molecule has 0 saturated heterocycles. The lowest BCUT2D eigenvalue weighted by atomic mass is 10.3. The molecule has 4 nitrogen and oxygen atoms in total. The molecule has 0 spiro atoms. The molecule has 0 atom stereocenters. The van der Waals surface area contributed by atoms with Crippen molar-refractivity contribution in [1.82, 2.24) is 10.2 Å². The Hall–Kier alpha value is -1.71. The van der Waals surface area contributed by atoms with Crippen LogP contribution >= 0.6 is 0 Å². The summed E-state index contributed by atoms with van der Waals surface area (Å²) in [6.45, 7) is 1.85. The standard InChI is InChI=1S/C9H10N2O2/c1-7-3-4-8(11-10-7)5-6-9(12)13-2/h3-6H,1-2H3. The molecule has 0 fully saturated rings. The normalized spacial score (nSPS) is 10.3. The van der Waals surface area contributed by atoms with Gasteiger partial charge in [-0.2, -0.15) is 10.2 Å². The molecule has 0 aliphatic rings. The Bertz CT molecular complexity index is 317. The van der Waals surface area contributed by atoms with Crippen LogP contribution in [-0.4, -0.2) is 23.3 Å². The van der Waals surface area contributed by atoms with E-state index in [-0.39, 0.29) is 0 Å². The Morgan fingerprint density at radius 3 is 2.77 bits per heavy atom. The van der Waals surface area contributed by atoms with Crippen LogP contribution in [-0.2, 0) is 9.53 Å². The lowest BCUT2D eigenvalue weighted by molar-refractivity contribution is -0.134. The summed E-state index contributed by atoms with van der Waals surface area (Å²) in [6.07, 6.45) is 2.86. The van der Waals surface area contributed by atoms with Crippen LogP contribution in [0.5, 0.6) is 0 Å². The third kappa shape index (κ3) is 3.02. The Morgan fingerprint density at radius 1 is 1.46 bits per heavy atom. The molecular formula is C9H10N2O2. The van der Waals surface area contributed by atoms with Gasteiger partial charge in [-0.1, -0.05) is 0 Å². The summed E-state index contributed by atoms with van der Waals surface area (Å²) in [4.78, 5) is 10.7. The summed E-state index contributed by atoms with van der Waals surface area (Å²) in [6, 6.07) is 3.60. The van der Waals surface area contributed by atoms with Gasteiger partial charge in [-0.05, 0) is 25.1 Å². The number of hydrogen-bond acceptors (Lipinski definition) is 4. The van der Waals surface area contributed by atoms with E-state index >= 15 is 0 Å². The van der Waals surface area contributed by atoms with Crippen molar-refractivity contribution in [3.05, 3.63) is 29.6 Å². The van der Waals surface area contributed by atoms with Gasteiger partial charge in [0.15, 0.2) is 0 Å². The maximum atomic E-state index is 10.7. The fourth-order valence-electron chi connectivity index (χ4n) is 0.720. The molecular weight excluding hydrogens is 168 g/mol. The van der Waals surface area contributed by atoms with E-state index in [0.29, 0.717) is 5.69 Å². The summed E-state index contributed by atoms with van der Waals surface area (Å²) in [5, 5.41) is 7.67. The molecule has 0 radical (unpaired) electrons. The molecule has 68 valence electrons. The molecule has 1 aromatic rings. The molecule has 0 aliphatic carbocycles. The van der Waals surface area contributed by atoms with Gasteiger partial charge in [-0.25, -0.2) is 4.79 Å². The Labute approximate surface area is 76.2 Å². The van der Waals surface area contributed by atoms with Crippen LogP contribution in [0.25, 0.3) is 6.08 Å². The molecule has 0 saturated carbocycles. The van der Waals surface area contributed by atoms with Crippen molar-refractivity contribution < 1.29 is 9.53 Å². The number of methoxy groups -OCH3 is 1. The zero-order valence-electron chi connectivity index (χ0n) is 7.52. The second-order valence-electron chi connectivity index (χ2n) is 2.46. The second kappa shape index (κ2) is 4.35. The first-order chi connectivity index (χ1) is 6.22. The van der Waals surface area contributed by atoms with Crippen LogP contribution in [0.4, 0.5) is 0 Å². The summed E-state index contributed by atoms with van der Waals surface area (Å²) in [5.41, 5.74) is 1.48. The number of aromatic nitrogens is 2. The summed E-state index contributed by atoms with van der Waals surface area (Å²) < 4.78 is 4.42. The average Bonchev–Trinajstić information content (AvgIpc) is 2.16. The van der Waals surface area contributed by atoms with Crippen LogP contribution in [0.1, 0.15) is 11.4 Å². The predicted octanol–water partition coefficient (Wildman–Crippen LogP) is 0.971. The van der Waals surface area contributed by atoms with E-state index in [1.54, 1.807) is 12.1 Å². The fourth-order valence-corrected chi connectivity index (χ4v) is 0.720. The highest BCUT2D eigenvalue weighted by molar-refractivity contribution is 5.86. The van der Waals surface area contributed by atoms with Gasteiger partial charge < -0.3 is 4.74 Å². The van der Waals surface area contributed by atoms with Gasteiger partial charge in [0.05, 0.1) is 18.5 Å². The molecule has 0 amide bonds. The van der Waals surface area contributed by atoms with Crippen LogP contribution in [0.3, 0.4) is 0 Å². The maximum absolute atomic E-state index is 10.7. The Morgan fingerprint density at radius 2 is 2.23 bits per heavy atom. The van der Waals surface area contributed by atoms with Gasteiger partial charge in [0.25, 0.3) is 0 Å².